The molecule has 1 fully saturated rings. The molecule has 7 heteroatoms. The molecule has 1 aromatic heterocycles. The minimum atomic E-state index is 0. The fourth-order valence-corrected chi connectivity index (χ4v) is 3.56. The Hall–Kier alpha value is -1.64. The van der Waals surface area contributed by atoms with E-state index in [0.717, 1.165) is 42.4 Å². The van der Waals surface area contributed by atoms with Gasteiger partial charge in [0, 0.05) is 25.8 Å². The lowest BCUT2D eigenvalue weighted by atomic mass is 9.97. The molecule has 1 aliphatic rings. The van der Waals surface area contributed by atoms with E-state index in [-0.39, 0.29) is 24.0 Å². The van der Waals surface area contributed by atoms with Gasteiger partial charge in [0.2, 0.25) is 0 Å². The van der Waals surface area contributed by atoms with Crippen LogP contribution in [-0.4, -0.2) is 45.8 Å². The molecule has 1 unspecified atom stereocenters. The molecule has 0 spiro atoms. The van der Waals surface area contributed by atoms with Crippen LogP contribution in [0.1, 0.15) is 32.5 Å². The second kappa shape index (κ2) is 9.89. The molecular formula is C19H29IN6. The third-order valence-electron chi connectivity index (χ3n) is 4.66. The molecule has 2 heterocycles. The number of para-hydroxylation sites is 1. The first-order valence-corrected chi connectivity index (χ1v) is 9.07. The van der Waals surface area contributed by atoms with E-state index in [2.05, 4.69) is 51.4 Å². The van der Waals surface area contributed by atoms with Gasteiger partial charge in [-0.1, -0.05) is 32.0 Å². The number of aliphatic imine (C=N–C) groups is 1. The quantitative estimate of drug-likeness (QED) is 0.416. The molecule has 0 saturated carbocycles. The van der Waals surface area contributed by atoms with E-state index in [1.54, 1.807) is 6.33 Å². The Kier molecular flexibility index (Phi) is 7.86. The number of likely N-dealkylation sites (tertiary alicyclic amines) is 1. The van der Waals surface area contributed by atoms with Gasteiger partial charge < -0.3 is 10.2 Å². The summed E-state index contributed by atoms with van der Waals surface area (Å²) in [6.07, 6.45) is 4.29. The van der Waals surface area contributed by atoms with Gasteiger partial charge in [-0.05, 0) is 36.8 Å². The second-order valence-electron chi connectivity index (χ2n) is 7.08. The van der Waals surface area contributed by atoms with E-state index in [1.165, 1.54) is 12.8 Å². The van der Waals surface area contributed by atoms with Crippen molar-refractivity contribution in [3.8, 4) is 5.69 Å². The first-order chi connectivity index (χ1) is 12.2. The summed E-state index contributed by atoms with van der Waals surface area (Å²) < 4.78 is 2.01. The minimum Gasteiger partial charge on any atom is -0.349 e. The average molecular weight is 468 g/mol. The predicted molar refractivity (Wildman–Crippen MR) is 116 cm³/mol. The zero-order chi connectivity index (χ0) is 17.6. The second-order valence-corrected chi connectivity index (χ2v) is 7.08. The minimum absolute atomic E-state index is 0. The maximum atomic E-state index is 4.46. The lowest BCUT2D eigenvalue weighted by Crippen LogP contribution is -2.40. The van der Waals surface area contributed by atoms with Crippen LogP contribution in [-0.2, 0) is 6.54 Å². The molecular weight excluding hydrogens is 439 g/mol. The molecule has 142 valence electrons. The molecule has 3 rings (SSSR count). The van der Waals surface area contributed by atoms with Gasteiger partial charge in [-0.25, -0.2) is 0 Å². The van der Waals surface area contributed by atoms with Crippen LogP contribution in [0.25, 0.3) is 5.69 Å². The highest BCUT2D eigenvalue weighted by Crippen LogP contribution is 2.23. The Morgan fingerprint density at radius 3 is 2.77 bits per heavy atom. The highest BCUT2D eigenvalue weighted by Gasteiger charge is 2.25. The molecule has 0 aliphatic carbocycles. The van der Waals surface area contributed by atoms with Gasteiger partial charge in [0.25, 0.3) is 0 Å². The SMILES string of the molecule is CN=C(NCc1nncn1-c1ccccc1)N1CCC(CC(C)C)C1.I. The number of hydrogen-bond acceptors (Lipinski definition) is 3. The molecule has 1 aliphatic heterocycles. The fourth-order valence-electron chi connectivity index (χ4n) is 3.56. The summed E-state index contributed by atoms with van der Waals surface area (Å²) in [5.41, 5.74) is 1.07. The summed E-state index contributed by atoms with van der Waals surface area (Å²) in [5, 5.41) is 11.8. The normalized spacial score (nSPS) is 17.5. The molecule has 26 heavy (non-hydrogen) atoms. The lowest BCUT2D eigenvalue weighted by molar-refractivity contribution is 0.403. The number of guanidine groups is 1. The van der Waals surface area contributed by atoms with Crippen LogP contribution in [0.3, 0.4) is 0 Å². The van der Waals surface area contributed by atoms with Crippen LogP contribution in [0.2, 0.25) is 0 Å². The summed E-state index contributed by atoms with van der Waals surface area (Å²) >= 11 is 0. The Bertz CT molecular complexity index is 697. The summed E-state index contributed by atoms with van der Waals surface area (Å²) in [6, 6.07) is 10.2. The van der Waals surface area contributed by atoms with Crippen LogP contribution in [0.5, 0.6) is 0 Å². The van der Waals surface area contributed by atoms with Gasteiger partial charge in [-0.3, -0.25) is 9.56 Å². The largest absolute Gasteiger partial charge is 0.349 e. The maximum Gasteiger partial charge on any atom is 0.194 e. The fraction of sp³-hybridized carbons (Fsp3) is 0.526. The molecule has 0 radical (unpaired) electrons. The molecule has 6 nitrogen and oxygen atoms in total. The van der Waals surface area contributed by atoms with Gasteiger partial charge in [0.15, 0.2) is 11.8 Å². The molecule has 1 saturated heterocycles. The Morgan fingerprint density at radius 1 is 1.31 bits per heavy atom. The first kappa shape index (κ1) is 20.7. The van der Waals surface area contributed by atoms with Crippen molar-refractivity contribution in [2.24, 2.45) is 16.8 Å². The van der Waals surface area contributed by atoms with Crippen LogP contribution in [0.4, 0.5) is 0 Å². The molecule has 1 atom stereocenters. The van der Waals surface area contributed by atoms with Crippen LogP contribution in [0, 0.1) is 11.8 Å². The highest BCUT2D eigenvalue weighted by molar-refractivity contribution is 14.0. The molecule has 1 aromatic carbocycles. The number of rotatable bonds is 5. The van der Waals surface area contributed by atoms with Gasteiger partial charge in [0.05, 0.1) is 6.54 Å². The number of hydrogen-bond donors (Lipinski definition) is 1. The molecule has 0 amide bonds. The van der Waals surface area contributed by atoms with Gasteiger partial charge in [-0.2, -0.15) is 0 Å². The topological polar surface area (TPSA) is 58.3 Å². The van der Waals surface area contributed by atoms with Crippen molar-refractivity contribution >= 4 is 29.9 Å². The Labute approximate surface area is 173 Å². The number of benzene rings is 1. The third-order valence-corrected chi connectivity index (χ3v) is 4.66. The maximum absolute atomic E-state index is 4.46. The van der Waals surface area contributed by atoms with Crippen molar-refractivity contribution in [1.29, 1.82) is 0 Å². The number of nitrogens with zero attached hydrogens (tertiary/aromatic N) is 5. The molecule has 0 bridgehead atoms. The number of nitrogens with one attached hydrogen (secondary N) is 1. The third kappa shape index (κ3) is 5.18. The van der Waals surface area contributed by atoms with E-state index < -0.39 is 0 Å². The van der Waals surface area contributed by atoms with Crippen molar-refractivity contribution in [3.63, 3.8) is 0 Å². The van der Waals surface area contributed by atoms with Crippen LogP contribution >= 0.6 is 24.0 Å². The summed E-state index contributed by atoms with van der Waals surface area (Å²) in [6.45, 7) is 7.36. The van der Waals surface area contributed by atoms with E-state index in [1.807, 2.05) is 29.8 Å². The van der Waals surface area contributed by atoms with E-state index in [4.69, 9.17) is 0 Å². The molecule has 1 N–H and O–H groups in total. The molecule has 2 aromatic rings. The van der Waals surface area contributed by atoms with E-state index in [9.17, 15) is 0 Å². The van der Waals surface area contributed by atoms with Crippen LogP contribution in [0.15, 0.2) is 41.7 Å². The smallest absolute Gasteiger partial charge is 0.194 e. The van der Waals surface area contributed by atoms with Gasteiger partial charge in [-0.15, -0.1) is 34.2 Å². The van der Waals surface area contributed by atoms with Crippen molar-refractivity contribution < 1.29 is 0 Å². The van der Waals surface area contributed by atoms with Crippen molar-refractivity contribution in [1.82, 2.24) is 25.0 Å². The van der Waals surface area contributed by atoms with Crippen molar-refractivity contribution in [2.75, 3.05) is 20.1 Å². The van der Waals surface area contributed by atoms with E-state index >= 15 is 0 Å². The standard InChI is InChI=1S/C19H28N6.HI/c1-15(2)11-16-9-10-24(13-16)19(20-3)21-12-18-23-22-14-25(18)17-7-5-4-6-8-17;/h4-8,14-16H,9-13H2,1-3H3,(H,20,21);1H. The Balaban J connectivity index is 0.00000243. The van der Waals surface area contributed by atoms with Crippen molar-refractivity contribution in [2.45, 2.75) is 33.2 Å². The van der Waals surface area contributed by atoms with E-state index in [0.29, 0.717) is 6.54 Å². The van der Waals surface area contributed by atoms with Gasteiger partial charge in [0.1, 0.15) is 6.33 Å². The summed E-state index contributed by atoms with van der Waals surface area (Å²) in [7, 11) is 1.85. The Morgan fingerprint density at radius 2 is 2.08 bits per heavy atom. The zero-order valence-electron chi connectivity index (χ0n) is 15.8. The monoisotopic (exact) mass is 468 g/mol. The highest BCUT2D eigenvalue weighted by atomic mass is 127. The average Bonchev–Trinajstić information content (AvgIpc) is 3.25. The first-order valence-electron chi connectivity index (χ1n) is 9.07. The van der Waals surface area contributed by atoms with Crippen LogP contribution < -0.4 is 5.32 Å². The number of halogens is 1. The summed E-state index contributed by atoms with van der Waals surface area (Å²) in [5.74, 6) is 3.36. The van der Waals surface area contributed by atoms with Crippen molar-refractivity contribution in [3.05, 3.63) is 42.5 Å². The van der Waals surface area contributed by atoms with Gasteiger partial charge >= 0.3 is 0 Å². The number of aromatic nitrogens is 3. The predicted octanol–water partition coefficient (Wildman–Crippen LogP) is 3.33. The summed E-state index contributed by atoms with van der Waals surface area (Å²) in [4.78, 5) is 6.82. The lowest BCUT2D eigenvalue weighted by Gasteiger charge is -2.22. The zero-order valence-corrected chi connectivity index (χ0v) is 18.1.